The topological polar surface area (TPSA) is 3.24 Å². The molecule has 1 aliphatic rings. The quantitative estimate of drug-likeness (QED) is 0.146. The molecule has 2 unspecified atom stereocenters. The maximum Gasteiger partial charge on any atom is 0.0585 e. The molecule has 0 bridgehead atoms. The molecule has 0 saturated heterocycles. The highest BCUT2D eigenvalue weighted by atomic mass is 15.2. The molecule has 11 rings (SSSR count). The first-order valence-corrected chi connectivity index (χ1v) is 21.0. The molecule has 0 N–H and O–H groups in total. The summed E-state index contributed by atoms with van der Waals surface area (Å²) in [6, 6.07) is 78.0. The summed E-state index contributed by atoms with van der Waals surface area (Å²) in [6.45, 7) is 2.36. The van der Waals surface area contributed by atoms with Gasteiger partial charge in [-0.25, -0.2) is 0 Å². The van der Waals surface area contributed by atoms with Gasteiger partial charge in [-0.2, -0.15) is 0 Å². The molecule has 0 fully saturated rings. The molecule has 0 heterocycles. The predicted octanol–water partition coefficient (Wildman–Crippen LogP) is 16.1. The van der Waals surface area contributed by atoms with Crippen molar-refractivity contribution in [1.29, 1.82) is 0 Å². The van der Waals surface area contributed by atoms with Gasteiger partial charge in [-0.15, -0.1) is 0 Å². The molecule has 10 aromatic rings. The predicted molar refractivity (Wildman–Crippen MR) is 258 cm³/mol. The Morgan fingerprint density at radius 3 is 1.32 bits per heavy atom. The molecular formula is C59H43N. The van der Waals surface area contributed by atoms with Gasteiger partial charge in [0, 0.05) is 11.4 Å². The van der Waals surface area contributed by atoms with Crippen molar-refractivity contribution in [2.45, 2.75) is 13.0 Å². The fourth-order valence-electron chi connectivity index (χ4n) is 9.54. The number of hydrogen-bond donors (Lipinski definition) is 0. The molecule has 0 aliphatic heterocycles. The highest BCUT2D eigenvalue weighted by Crippen LogP contribution is 2.42. The summed E-state index contributed by atoms with van der Waals surface area (Å²) in [5.41, 5.74) is 12.2. The van der Waals surface area contributed by atoms with E-state index in [4.69, 9.17) is 0 Å². The van der Waals surface area contributed by atoms with Crippen LogP contribution in [-0.4, -0.2) is 6.04 Å². The van der Waals surface area contributed by atoms with Crippen molar-refractivity contribution in [3.63, 3.8) is 0 Å². The Labute approximate surface area is 351 Å². The summed E-state index contributed by atoms with van der Waals surface area (Å²) in [7, 11) is 0. The van der Waals surface area contributed by atoms with Gasteiger partial charge in [0.15, 0.2) is 0 Å². The van der Waals surface area contributed by atoms with Crippen LogP contribution in [0.25, 0.3) is 82.0 Å². The third kappa shape index (κ3) is 6.36. The van der Waals surface area contributed by atoms with E-state index in [1.54, 1.807) is 0 Å². The Bertz CT molecular complexity index is 3120. The molecule has 10 aromatic carbocycles. The van der Waals surface area contributed by atoms with E-state index in [-0.39, 0.29) is 12.0 Å². The fourth-order valence-corrected chi connectivity index (χ4v) is 9.54. The summed E-state index contributed by atoms with van der Waals surface area (Å²) >= 11 is 0. The molecule has 2 atom stereocenters. The zero-order valence-corrected chi connectivity index (χ0v) is 33.5. The molecule has 0 radical (unpaired) electrons. The van der Waals surface area contributed by atoms with Crippen LogP contribution in [0.15, 0.2) is 231 Å². The second-order valence-electron chi connectivity index (χ2n) is 16.1. The average Bonchev–Trinajstić information content (AvgIpc) is 3.32. The van der Waals surface area contributed by atoms with E-state index in [0.29, 0.717) is 0 Å². The van der Waals surface area contributed by atoms with E-state index in [1.165, 1.54) is 87.6 Å². The largest absolute Gasteiger partial charge is 0.334 e. The Balaban J connectivity index is 1.04. The number of nitrogens with zero attached hydrogens (tertiary/aromatic N) is 1. The molecule has 60 heavy (non-hydrogen) atoms. The SMILES string of the molecule is CC1C=C(c2ccc(-c3ccccc3)cc2)C=CC1N(c1cccc(-c2cc3ccccc3c3ccccc23)c1)c1cccc(-c2cc3ccccc3c3ccccc23)c1. The molecule has 1 heteroatoms. The monoisotopic (exact) mass is 765 g/mol. The van der Waals surface area contributed by atoms with Gasteiger partial charge in [0.1, 0.15) is 0 Å². The van der Waals surface area contributed by atoms with E-state index >= 15 is 0 Å². The van der Waals surface area contributed by atoms with E-state index in [1.807, 2.05) is 0 Å². The van der Waals surface area contributed by atoms with E-state index in [2.05, 4.69) is 242 Å². The first-order valence-electron chi connectivity index (χ1n) is 21.0. The van der Waals surface area contributed by atoms with Gasteiger partial charge >= 0.3 is 0 Å². The minimum absolute atomic E-state index is 0.0736. The smallest absolute Gasteiger partial charge is 0.0585 e. The van der Waals surface area contributed by atoms with Crippen LogP contribution < -0.4 is 4.90 Å². The number of anilines is 2. The highest BCUT2D eigenvalue weighted by molar-refractivity contribution is 6.15. The van der Waals surface area contributed by atoms with Gasteiger partial charge in [0.2, 0.25) is 0 Å². The number of rotatable bonds is 7. The van der Waals surface area contributed by atoms with Crippen LogP contribution in [0.4, 0.5) is 11.4 Å². The van der Waals surface area contributed by atoms with E-state index in [9.17, 15) is 0 Å². The van der Waals surface area contributed by atoms with Crippen LogP contribution in [-0.2, 0) is 0 Å². The van der Waals surface area contributed by atoms with Crippen molar-refractivity contribution in [3.8, 4) is 33.4 Å². The second-order valence-corrected chi connectivity index (χ2v) is 16.1. The summed E-state index contributed by atoms with van der Waals surface area (Å²) in [4.78, 5) is 2.56. The van der Waals surface area contributed by atoms with Gasteiger partial charge < -0.3 is 4.90 Å². The van der Waals surface area contributed by atoms with Crippen molar-refractivity contribution in [3.05, 3.63) is 236 Å². The van der Waals surface area contributed by atoms with Gasteiger partial charge in [-0.1, -0.05) is 201 Å². The zero-order chi connectivity index (χ0) is 40.0. The van der Waals surface area contributed by atoms with Crippen LogP contribution in [0.2, 0.25) is 0 Å². The van der Waals surface area contributed by atoms with Crippen molar-refractivity contribution in [1.82, 2.24) is 0 Å². The Morgan fingerprint density at radius 2 is 0.783 bits per heavy atom. The van der Waals surface area contributed by atoms with Crippen LogP contribution >= 0.6 is 0 Å². The van der Waals surface area contributed by atoms with Crippen LogP contribution in [0, 0.1) is 5.92 Å². The Morgan fingerprint density at radius 1 is 0.350 bits per heavy atom. The Kier molecular flexibility index (Phi) is 8.94. The van der Waals surface area contributed by atoms with Crippen LogP contribution in [0.5, 0.6) is 0 Å². The summed E-state index contributed by atoms with van der Waals surface area (Å²) < 4.78 is 0. The molecular weight excluding hydrogens is 723 g/mol. The minimum atomic E-state index is 0.0736. The minimum Gasteiger partial charge on any atom is -0.334 e. The average molecular weight is 766 g/mol. The Hall–Kier alpha value is -7.48. The first kappa shape index (κ1) is 35.7. The summed E-state index contributed by atoms with van der Waals surface area (Å²) in [6.07, 6.45) is 7.20. The molecule has 284 valence electrons. The lowest BCUT2D eigenvalue weighted by molar-refractivity contribution is 0.611. The molecule has 1 aliphatic carbocycles. The normalized spacial score (nSPS) is 15.1. The van der Waals surface area contributed by atoms with E-state index < -0.39 is 0 Å². The second kappa shape index (κ2) is 15.0. The maximum absolute atomic E-state index is 2.56. The molecule has 0 spiro atoms. The zero-order valence-electron chi connectivity index (χ0n) is 33.5. The molecule has 0 saturated carbocycles. The van der Waals surface area contributed by atoms with Crippen molar-refractivity contribution < 1.29 is 0 Å². The molecule has 1 nitrogen and oxygen atoms in total. The third-order valence-electron chi connectivity index (χ3n) is 12.5. The summed E-state index contributed by atoms with van der Waals surface area (Å²) in [5, 5.41) is 10.2. The lowest BCUT2D eigenvalue weighted by Crippen LogP contribution is -2.35. The van der Waals surface area contributed by atoms with Crippen molar-refractivity contribution in [2.24, 2.45) is 5.92 Å². The van der Waals surface area contributed by atoms with Crippen LogP contribution in [0.3, 0.4) is 0 Å². The number of fused-ring (bicyclic) bond motifs is 6. The number of allylic oxidation sites excluding steroid dienone is 2. The standard InChI is InChI=1S/C59H43N/c1-40-35-44(43-31-29-42(30-32-43)41-15-3-2-4-16-41)33-34-59(40)60(49-21-13-19-45(36-49)57-38-47-17-5-7-23-51(47)53-25-9-11-27-55(53)57)50-22-14-20-46(37-50)58-39-48-18-6-8-24-52(48)54-26-10-12-28-56(54)58/h2-40,59H,1H3. The fraction of sp³-hybridized carbons (Fsp3) is 0.0508. The number of benzene rings is 10. The van der Waals surface area contributed by atoms with Crippen molar-refractivity contribution in [2.75, 3.05) is 4.90 Å². The van der Waals surface area contributed by atoms with Gasteiger partial charge in [0.05, 0.1) is 6.04 Å². The lowest BCUT2D eigenvalue weighted by atomic mass is 9.87. The molecule has 0 amide bonds. The van der Waals surface area contributed by atoms with Crippen LogP contribution in [0.1, 0.15) is 12.5 Å². The number of hydrogen-bond acceptors (Lipinski definition) is 1. The third-order valence-corrected chi connectivity index (χ3v) is 12.5. The van der Waals surface area contributed by atoms with Crippen molar-refractivity contribution >= 4 is 60.0 Å². The summed E-state index contributed by atoms with van der Waals surface area (Å²) in [5.74, 6) is 0.217. The van der Waals surface area contributed by atoms with Gasteiger partial charge in [-0.05, 0) is 130 Å². The van der Waals surface area contributed by atoms with Gasteiger partial charge in [-0.3, -0.25) is 0 Å². The lowest BCUT2D eigenvalue weighted by Gasteiger charge is -2.37. The molecule has 0 aromatic heterocycles. The van der Waals surface area contributed by atoms with E-state index in [0.717, 1.165) is 11.4 Å². The highest BCUT2D eigenvalue weighted by Gasteiger charge is 2.27. The first-order chi connectivity index (χ1) is 29.7. The maximum atomic E-state index is 2.56. The van der Waals surface area contributed by atoms with Gasteiger partial charge in [0.25, 0.3) is 0 Å².